The van der Waals surface area contributed by atoms with Crippen LogP contribution in [-0.2, 0) is 46.7 Å². The van der Waals surface area contributed by atoms with E-state index in [-0.39, 0.29) is 22.7 Å². The molecule has 8 aromatic rings. The first-order chi connectivity index (χ1) is 49.4. The average Bonchev–Trinajstić information content (AvgIpc) is 0.778. The van der Waals surface area contributed by atoms with Crippen molar-refractivity contribution in [2.45, 2.75) is 53.4 Å². The third kappa shape index (κ3) is 15.3. The smallest absolute Gasteiger partial charge is 0.407 e. The Morgan fingerprint density at radius 3 is 0.618 bits per heavy atom. The van der Waals surface area contributed by atoms with Crippen LogP contribution >= 0.6 is 0 Å². The Morgan fingerprint density at radius 2 is 0.461 bits per heavy atom. The van der Waals surface area contributed by atoms with Gasteiger partial charge in [-0.25, -0.2) is 0 Å². The topological polar surface area (TPSA) is 265 Å². The summed E-state index contributed by atoms with van der Waals surface area (Å²) in [6.07, 6.45) is 2.86. The van der Waals surface area contributed by atoms with E-state index in [1.165, 1.54) is 48.5 Å². The third-order valence-electron chi connectivity index (χ3n) is 20.8. The summed E-state index contributed by atoms with van der Waals surface area (Å²) in [5, 5.41) is 47.8. The molecule has 0 aromatic heterocycles. The van der Waals surface area contributed by atoms with Crippen molar-refractivity contribution in [3.05, 3.63) is 279 Å². The SMILES string of the molecule is CCC12COCC3(CC)COB(OC3)c3ccc(cc3)C(=C(c3ccc([N+](=O)[O-])cc3)c3ccc([N+](=O)[O-])cc3)c3ccc(cc3)B3OCC(CC)(COCC4(CC)COB(OC4)c4ccc(cc4)C(=C(c4ccc([N+](=O)[O-])cc4)c4ccc([N+](=O)[O-])cc4)c4ccc(cc4)B(OC1)OC2)CO3. The van der Waals surface area contributed by atoms with Gasteiger partial charge in [-0.1, -0.05) is 125 Å². The molecule has 0 spiro atoms. The molecular formula is C76H76B4N4O18. The van der Waals surface area contributed by atoms with Gasteiger partial charge in [0.2, 0.25) is 0 Å². The van der Waals surface area contributed by atoms with Crippen LogP contribution in [0.5, 0.6) is 0 Å². The number of non-ortho nitro benzene ring substituents is 4. The van der Waals surface area contributed by atoms with Gasteiger partial charge in [0.05, 0.1) is 46.1 Å². The van der Waals surface area contributed by atoms with E-state index in [4.69, 9.17) is 46.7 Å². The molecule has 22 nitrogen and oxygen atoms in total. The van der Waals surface area contributed by atoms with Crippen molar-refractivity contribution in [1.82, 2.24) is 0 Å². The number of nitro groups is 4. The molecule has 17 aliphatic rings. The van der Waals surface area contributed by atoms with Crippen LogP contribution in [-0.4, -0.2) is 127 Å². The molecule has 0 radical (unpaired) electrons. The molecule has 17 heterocycles. The lowest BCUT2D eigenvalue weighted by Crippen LogP contribution is -2.53. The van der Waals surface area contributed by atoms with Crippen molar-refractivity contribution >= 4 is 95.4 Å². The minimum Gasteiger partial charge on any atom is -0.407 e. The molecule has 0 N–H and O–H groups in total. The fraction of sp³-hybridized carbons (Fsp3) is 0.316. The van der Waals surface area contributed by atoms with E-state index in [0.29, 0.717) is 138 Å². The number of ether oxygens (including phenoxy) is 2. The van der Waals surface area contributed by atoms with Crippen molar-refractivity contribution in [1.29, 1.82) is 0 Å². The molecule has 8 aromatic carbocycles. The molecule has 16 bridgehead atoms. The number of nitro benzene ring substituents is 4. The number of nitrogens with zero attached hydrogens (tertiary/aromatic N) is 4. The van der Waals surface area contributed by atoms with Gasteiger partial charge in [0.1, 0.15) is 0 Å². The molecule has 17 aliphatic heterocycles. The standard InChI is InChI=1S/C76H76B4N4O18/c1-5-73-41-93-42-74(6-2)47-97-78(98-48-74)62-27-11-55(12-28-62)70(72(59-21-37-67(38-22-59)83(89)90)60-23-39-68(40-24-60)84(91)92)56-15-31-64(32-16-56)80-101-51-76(8-4,52-102-80)44-94-43-75(7-3)49-99-79(100-50-75)63-29-13-54(14-30-63)69(53-9-25-61(26-10-53)77(95-45-73)96-46-73)71(57-17-33-65(34-18-57)81(85)86)58-19-35-66(36-20-58)82(87)88/h9-40H,5-8,41-52H2,1-4H3. The van der Waals surface area contributed by atoms with Crippen molar-refractivity contribution < 1.29 is 66.4 Å². The number of benzene rings is 8. The Morgan fingerprint density at radius 1 is 0.284 bits per heavy atom. The van der Waals surface area contributed by atoms with Gasteiger partial charge in [-0.15, -0.1) is 0 Å². The molecule has 0 unspecified atom stereocenters. The van der Waals surface area contributed by atoms with Gasteiger partial charge in [-0.2, -0.15) is 0 Å². The third-order valence-corrected chi connectivity index (χ3v) is 20.8. The Balaban J connectivity index is 0.819. The predicted molar refractivity (Wildman–Crippen MR) is 390 cm³/mol. The van der Waals surface area contributed by atoms with E-state index in [1.807, 2.05) is 97.1 Å². The summed E-state index contributed by atoms with van der Waals surface area (Å²) in [6.45, 7) is 12.7. The predicted octanol–water partition coefficient (Wildman–Crippen LogP) is 11.6. The van der Waals surface area contributed by atoms with Crippen LogP contribution in [0.4, 0.5) is 22.7 Å². The maximum absolute atomic E-state index is 12.0. The van der Waals surface area contributed by atoms with Crippen LogP contribution in [0.15, 0.2) is 194 Å². The highest BCUT2D eigenvalue weighted by atomic mass is 16.7. The van der Waals surface area contributed by atoms with Crippen molar-refractivity contribution in [2.75, 3.05) is 79.3 Å². The summed E-state index contributed by atoms with van der Waals surface area (Å²) >= 11 is 0. The van der Waals surface area contributed by atoms with Gasteiger partial charge >= 0.3 is 28.5 Å². The quantitative estimate of drug-likeness (QED) is 0.0625. The largest absolute Gasteiger partial charge is 0.493 e. The molecule has 4 fully saturated rings. The van der Waals surface area contributed by atoms with E-state index < -0.39 is 69.8 Å². The van der Waals surface area contributed by atoms with E-state index in [9.17, 15) is 40.5 Å². The highest BCUT2D eigenvalue weighted by Crippen LogP contribution is 2.42. The van der Waals surface area contributed by atoms with E-state index in [2.05, 4.69) is 27.7 Å². The summed E-state index contributed by atoms with van der Waals surface area (Å²) in [7, 11) is -2.78. The zero-order valence-corrected chi connectivity index (χ0v) is 57.2. The second kappa shape index (κ2) is 30.7. The summed E-state index contributed by atoms with van der Waals surface area (Å²) in [6, 6.07) is 56.6. The maximum Gasteiger partial charge on any atom is 0.493 e. The second-order valence-corrected chi connectivity index (χ2v) is 27.4. The van der Waals surface area contributed by atoms with E-state index in [0.717, 1.165) is 55.3 Å². The number of hydrogen-bond donors (Lipinski definition) is 0. The Labute approximate surface area is 592 Å². The first kappa shape index (κ1) is 71.1. The van der Waals surface area contributed by atoms with E-state index in [1.54, 1.807) is 48.5 Å². The molecule has 0 saturated carbocycles. The molecule has 4 saturated heterocycles. The van der Waals surface area contributed by atoms with Crippen LogP contribution in [0.25, 0.3) is 22.3 Å². The number of rotatable bonds is 12. The lowest BCUT2D eigenvalue weighted by molar-refractivity contribution is -0.385. The first-order valence-corrected chi connectivity index (χ1v) is 34.4. The monoisotopic (exact) mass is 1380 g/mol. The highest BCUT2D eigenvalue weighted by Gasteiger charge is 2.45. The van der Waals surface area contributed by atoms with Crippen LogP contribution in [0.2, 0.25) is 0 Å². The molecule has 0 amide bonds. The van der Waals surface area contributed by atoms with Gasteiger partial charge in [0, 0.05) is 123 Å². The van der Waals surface area contributed by atoms with Gasteiger partial charge < -0.3 is 46.7 Å². The normalized spacial score (nSPS) is 22.0. The molecule has 102 heavy (non-hydrogen) atoms. The van der Waals surface area contributed by atoms with Crippen LogP contribution in [0.1, 0.15) is 97.9 Å². The van der Waals surface area contributed by atoms with Crippen LogP contribution in [0.3, 0.4) is 0 Å². The number of hydrogen-bond acceptors (Lipinski definition) is 18. The van der Waals surface area contributed by atoms with Gasteiger partial charge in [-0.3, -0.25) is 40.5 Å². The zero-order valence-electron chi connectivity index (χ0n) is 57.2. The van der Waals surface area contributed by atoms with Crippen LogP contribution in [0, 0.1) is 62.1 Å². The van der Waals surface area contributed by atoms with Gasteiger partial charge in [0.25, 0.3) is 22.7 Å². The molecule has 0 atom stereocenters. The van der Waals surface area contributed by atoms with E-state index >= 15 is 0 Å². The Hall–Kier alpha value is -9.30. The second-order valence-electron chi connectivity index (χ2n) is 27.4. The molecule has 0 aliphatic carbocycles. The molecule has 25 rings (SSSR count). The Kier molecular flexibility index (Phi) is 21.4. The summed E-state index contributed by atoms with van der Waals surface area (Å²) in [5.41, 5.74) is 9.51. The maximum atomic E-state index is 12.0. The molecule has 520 valence electrons. The summed E-state index contributed by atoms with van der Waals surface area (Å²) < 4.78 is 65.9. The van der Waals surface area contributed by atoms with Crippen LogP contribution < -0.4 is 21.9 Å². The van der Waals surface area contributed by atoms with Gasteiger partial charge in [-0.05, 0) is 163 Å². The average molecular weight is 1380 g/mol. The minimum atomic E-state index is -0.695. The molecular weight excluding hydrogens is 1300 g/mol. The minimum absolute atomic E-state index is 0.0867. The van der Waals surface area contributed by atoms with Crippen molar-refractivity contribution in [3.8, 4) is 0 Å². The van der Waals surface area contributed by atoms with Crippen molar-refractivity contribution in [2.24, 2.45) is 21.7 Å². The fourth-order valence-corrected chi connectivity index (χ4v) is 13.7. The summed E-state index contributed by atoms with van der Waals surface area (Å²) in [4.78, 5) is 46.0. The molecule has 26 heteroatoms. The summed E-state index contributed by atoms with van der Waals surface area (Å²) in [5.74, 6) is 0. The zero-order chi connectivity index (χ0) is 71.2. The lowest BCUT2D eigenvalue weighted by Gasteiger charge is -2.41. The Bertz CT molecular complexity index is 3810. The fourth-order valence-electron chi connectivity index (χ4n) is 13.7. The first-order valence-electron chi connectivity index (χ1n) is 34.4. The highest BCUT2D eigenvalue weighted by molar-refractivity contribution is 6.62. The lowest BCUT2D eigenvalue weighted by atomic mass is 9.73. The van der Waals surface area contributed by atoms with Crippen molar-refractivity contribution in [3.63, 3.8) is 0 Å². The van der Waals surface area contributed by atoms with Gasteiger partial charge in [0.15, 0.2) is 0 Å².